The van der Waals surface area contributed by atoms with Gasteiger partial charge in [0.05, 0.1) is 18.2 Å². The van der Waals surface area contributed by atoms with E-state index < -0.39 is 0 Å². The van der Waals surface area contributed by atoms with Gasteiger partial charge in [-0.3, -0.25) is 4.79 Å². The minimum atomic E-state index is -0.208. The molecule has 0 fully saturated rings. The highest BCUT2D eigenvalue weighted by Gasteiger charge is 2.13. The van der Waals surface area contributed by atoms with Crippen LogP contribution in [0, 0.1) is 0 Å². The van der Waals surface area contributed by atoms with Gasteiger partial charge < -0.3 is 14.2 Å². The van der Waals surface area contributed by atoms with E-state index >= 15 is 0 Å². The number of methoxy groups -OCH3 is 1. The zero-order valence-corrected chi connectivity index (χ0v) is 20.8. The molecular weight excluding hydrogens is 474 g/mol. The predicted molar refractivity (Wildman–Crippen MR) is 141 cm³/mol. The van der Waals surface area contributed by atoms with Crippen molar-refractivity contribution in [3.63, 3.8) is 0 Å². The number of hydrogen-bond donors (Lipinski definition) is 0. The van der Waals surface area contributed by atoms with Gasteiger partial charge in [-0.05, 0) is 60.0 Å². The van der Waals surface area contributed by atoms with Crippen molar-refractivity contribution in [1.82, 2.24) is 14.6 Å². The molecule has 0 aliphatic rings. The first-order valence-corrected chi connectivity index (χ1v) is 12.5. The third kappa shape index (κ3) is 5.08. The molecule has 5 rings (SSSR count). The Hall–Kier alpha value is -4.17. The Morgan fingerprint density at radius 2 is 1.78 bits per heavy atom. The van der Waals surface area contributed by atoms with Crippen LogP contribution in [0.2, 0.25) is 0 Å². The first-order valence-electron chi connectivity index (χ1n) is 11.6. The molecule has 0 aliphatic carbocycles. The summed E-state index contributed by atoms with van der Waals surface area (Å²) >= 11 is 1.30. The molecule has 0 saturated heterocycles. The van der Waals surface area contributed by atoms with Gasteiger partial charge in [0.1, 0.15) is 12.4 Å². The lowest BCUT2D eigenvalue weighted by atomic mass is 10.2. The van der Waals surface area contributed by atoms with Gasteiger partial charge in [0.15, 0.2) is 17.3 Å². The van der Waals surface area contributed by atoms with Gasteiger partial charge in [0.25, 0.3) is 5.56 Å². The van der Waals surface area contributed by atoms with Crippen molar-refractivity contribution in [1.29, 1.82) is 0 Å². The highest BCUT2D eigenvalue weighted by molar-refractivity contribution is 7.15. The van der Waals surface area contributed by atoms with Crippen molar-refractivity contribution < 1.29 is 14.2 Å². The van der Waals surface area contributed by atoms with Crippen molar-refractivity contribution >= 4 is 22.4 Å². The summed E-state index contributed by atoms with van der Waals surface area (Å²) in [6, 6.07) is 23.1. The maximum absolute atomic E-state index is 13.0. The molecule has 0 aliphatic heterocycles. The highest BCUT2D eigenvalue weighted by Crippen LogP contribution is 2.29. The largest absolute Gasteiger partial charge is 0.494 e. The molecule has 0 saturated carbocycles. The SMILES string of the molecule is CCCOc1ccc(-c2nc3s/c(=C\c4ccc(OCc5ccccc5)c(OC)c4)c(=O)n3n2)cc1. The van der Waals surface area contributed by atoms with E-state index in [0.717, 1.165) is 28.9 Å². The van der Waals surface area contributed by atoms with Gasteiger partial charge in [-0.25, -0.2) is 0 Å². The van der Waals surface area contributed by atoms with Crippen LogP contribution in [0.25, 0.3) is 22.4 Å². The second-order valence-corrected chi connectivity index (χ2v) is 9.11. The Morgan fingerprint density at radius 3 is 2.50 bits per heavy atom. The first-order chi connectivity index (χ1) is 17.6. The lowest BCUT2D eigenvalue weighted by Gasteiger charge is -2.11. The average molecular weight is 500 g/mol. The van der Waals surface area contributed by atoms with E-state index in [9.17, 15) is 4.79 Å². The lowest BCUT2D eigenvalue weighted by molar-refractivity contribution is 0.284. The summed E-state index contributed by atoms with van der Waals surface area (Å²) in [4.78, 5) is 18.1. The zero-order valence-electron chi connectivity index (χ0n) is 20.0. The number of thiazole rings is 1. The summed E-state index contributed by atoms with van der Waals surface area (Å²) in [5, 5.41) is 4.44. The molecular formula is C28H25N3O4S. The van der Waals surface area contributed by atoms with Crippen molar-refractivity contribution in [3.8, 4) is 28.6 Å². The molecule has 0 atom stereocenters. The molecule has 182 valence electrons. The average Bonchev–Trinajstić information content (AvgIpc) is 3.46. The molecule has 0 bridgehead atoms. The van der Waals surface area contributed by atoms with Crippen LogP contribution in [0.4, 0.5) is 0 Å². The van der Waals surface area contributed by atoms with Gasteiger partial charge in [-0.1, -0.05) is 54.7 Å². The molecule has 0 amide bonds. The number of aromatic nitrogens is 3. The monoisotopic (exact) mass is 499 g/mol. The quantitative estimate of drug-likeness (QED) is 0.292. The minimum absolute atomic E-state index is 0.208. The van der Waals surface area contributed by atoms with E-state index in [-0.39, 0.29) is 5.56 Å². The second kappa shape index (κ2) is 10.6. The van der Waals surface area contributed by atoms with E-state index in [1.165, 1.54) is 15.9 Å². The maximum atomic E-state index is 13.0. The van der Waals surface area contributed by atoms with Crippen LogP contribution in [0.3, 0.4) is 0 Å². The smallest absolute Gasteiger partial charge is 0.291 e. The third-order valence-electron chi connectivity index (χ3n) is 5.49. The Morgan fingerprint density at radius 1 is 0.972 bits per heavy atom. The molecule has 2 aromatic heterocycles. The van der Waals surface area contributed by atoms with Gasteiger partial charge in [-0.2, -0.15) is 9.50 Å². The molecule has 8 heteroatoms. The molecule has 0 unspecified atom stereocenters. The fourth-order valence-electron chi connectivity index (χ4n) is 3.66. The summed E-state index contributed by atoms with van der Waals surface area (Å²) in [5.74, 6) is 2.54. The van der Waals surface area contributed by atoms with Crippen LogP contribution in [-0.4, -0.2) is 28.3 Å². The van der Waals surface area contributed by atoms with Crippen molar-refractivity contribution in [2.24, 2.45) is 0 Å². The topological polar surface area (TPSA) is 75.0 Å². The van der Waals surface area contributed by atoms with Crippen molar-refractivity contribution in [3.05, 3.63) is 98.8 Å². The summed E-state index contributed by atoms with van der Waals surface area (Å²) in [5.41, 5.74) is 2.51. The predicted octanol–water partition coefficient (Wildman–Crippen LogP) is 4.74. The summed E-state index contributed by atoms with van der Waals surface area (Å²) < 4.78 is 19.0. The zero-order chi connectivity index (χ0) is 24.9. The van der Waals surface area contributed by atoms with Crippen LogP contribution in [0.15, 0.2) is 77.6 Å². The Kier molecular flexibility index (Phi) is 6.95. The van der Waals surface area contributed by atoms with Crippen molar-refractivity contribution in [2.45, 2.75) is 20.0 Å². The summed E-state index contributed by atoms with van der Waals surface area (Å²) in [7, 11) is 1.60. The van der Waals surface area contributed by atoms with E-state index in [2.05, 4.69) is 17.0 Å². The lowest BCUT2D eigenvalue weighted by Crippen LogP contribution is -2.23. The Bertz CT molecular complexity index is 1580. The number of benzene rings is 3. The van der Waals surface area contributed by atoms with E-state index in [0.29, 0.717) is 40.0 Å². The molecule has 7 nitrogen and oxygen atoms in total. The maximum Gasteiger partial charge on any atom is 0.291 e. The van der Waals surface area contributed by atoms with Gasteiger partial charge >= 0.3 is 0 Å². The molecule has 0 radical (unpaired) electrons. The molecule has 0 spiro atoms. The number of fused-ring (bicyclic) bond motifs is 1. The number of rotatable bonds is 9. The van der Waals surface area contributed by atoms with Gasteiger partial charge in [-0.15, -0.1) is 5.10 Å². The molecule has 5 aromatic rings. The second-order valence-electron chi connectivity index (χ2n) is 8.10. The number of hydrogen-bond acceptors (Lipinski definition) is 7. The summed E-state index contributed by atoms with van der Waals surface area (Å²) in [6.07, 6.45) is 2.76. The third-order valence-corrected chi connectivity index (χ3v) is 6.45. The number of nitrogens with zero attached hydrogens (tertiary/aromatic N) is 3. The van der Waals surface area contributed by atoms with Crippen LogP contribution in [0.1, 0.15) is 24.5 Å². The standard InChI is InChI=1S/C28H25N3O4S/c1-3-15-34-22-12-10-21(11-13-22)26-29-28-31(30-26)27(32)25(36-28)17-20-9-14-23(24(16-20)33-2)35-18-19-7-5-4-6-8-19/h4-14,16-17H,3,15,18H2,1-2H3/b25-17-. The van der Waals surface area contributed by atoms with Gasteiger partial charge in [0, 0.05) is 5.56 Å². The Balaban J connectivity index is 1.37. The van der Waals surface area contributed by atoms with Crippen molar-refractivity contribution in [2.75, 3.05) is 13.7 Å². The van der Waals surface area contributed by atoms with Crippen LogP contribution >= 0.6 is 11.3 Å². The van der Waals surface area contributed by atoms with E-state index in [1.54, 1.807) is 7.11 Å². The normalized spacial score (nSPS) is 11.7. The molecule has 0 N–H and O–H groups in total. The highest BCUT2D eigenvalue weighted by atomic mass is 32.1. The van der Waals surface area contributed by atoms with E-state index in [1.807, 2.05) is 78.9 Å². The molecule has 2 heterocycles. The summed E-state index contributed by atoms with van der Waals surface area (Å²) in [6.45, 7) is 3.18. The first kappa shape index (κ1) is 23.6. The fraction of sp³-hybridized carbons (Fsp3) is 0.179. The fourth-order valence-corrected chi connectivity index (χ4v) is 4.56. The number of ether oxygens (including phenoxy) is 3. The van der Waals surface area contributed by atoms with Crippen LogP contribution in [0.5, 0.6) is 17.2 Å². The van der Waals surface area contributed by atoms with E-state index in [4.69, 9.17) is 14.2 Å². The Labute approximate surface area is 212 Å². The van der Waals surface area contributed by atoms with Crippen LogP contribution in [-0.2, 0) is 6.61 Å². The minimum Gasteiger partial charge on any atom is -0.494 e. The van der Waals surface area contributed by atoms with Gasteiger partial charge in [0.2, 0.25) is 4.96 Å². The molecule has 3 aromatic carbocycles. The molecule has 36 heavy (non-hydrogen) atoms. The van der Waals surface area contributed by atoms with Crippen LogP contribution < -0.4 is 24.3 Å².